The third-order valence-corrected chi connectivity index (χ3v) is 7.56. The summed E-state index contributed by atoms with van der Waals surface area (Å²) in [4.78, 5) is 35.9. The van der Waals surface area contributed by atoms with Gasteiger partial charge in [0.1, 0.15) is 16.0 Å². The van der Waals surface area contributed by atoms with Crippen LogP contribution in [-0.4, -0.2) is 39.4 Å². The van der Waals surface area contributed by atoms with E-state index in [1.165, 1.54) is 15.5 Å². The number of carbonyl (C=O) groups excluding carboxylic acids is 1. The first-order valence-electron chi connectivity index (χ1n) is 12.1. The van der Waals surface area contributed by atoms with E-state index in [1.54, 1.807) is 50.8 Å². The topological polar surface area (TPSA) is 68.1 Å². The molecular formula is C29H25Cl2FN4O2. The zero-order valence-corrected chi connectivity index (χ0v) is 22.8. The minimum atomic E-state index is -0.664. The summed E-state index contributed by atoms with van der Waals surface area (Å²) in [5.41, 5.74) is 3.91. The Bertz CT molecular complexity index is 1630. The van der Waals surface area contributed by atoms with Gasteiger partial charge in [-0.2, -0.15) is 0 Å². The molecule has 1 fully saturated rings. The van der Waals surface area contributed by atoms with Crippen molar-refractivity contribution in [1.82, 2.24) is 19.4 Å². The van der Waals surface area contributed by atoms with Crippen LogP contribution in [0.5, 0.6) is 0 Å². The molecule has 0 aliphatic heterocycles. The average molecular weight is 551 g/mol. The van der Waals surface area contributed by atoms with Gasteiger partial charge in [-0.15, -0.1) is 0 Å². The number of carbonyl (C=O) groups is 1. The van der Waals surface area contributed by atoms with Gasteiger partial charge in [-0.05, 0) is 79.1 Å². The molecular weight excluding hydrogens is 526 g/mol. The highest BCUT2D eigenvalue weighted by Gasteiger charge is 2.41. The van der Waals surface area contributed by atoms with Crippen molar-refractivity contribution in [1.29, 1.82) is 0 Å². The number of benzene rings is 1. The normalized spacial score (nSPS) is 16.4. The molecule has 3 aromatic heterocycles. The quantitative estimate of drug-likeness (QED) is 0.272. The van der Waals surface area contributed by atoms with Crippen LogP contribution in [0.15, 0.2) is 59.7 Å². The number of hydrogen-bond donors (Lipinski definition) is 0. The van der Waals surface area contributed by atoms with E-state index in [1.807, 2.05) is 26.0 Å². The monoisotopic (exact) mass is 550 g/mol. The predicted octanol–water partition coefficient (Wildman–Crippen LogP) is 6.33. The first kappa shape index (κ1) is 26.1. The van der Waals surface area contributed by atoms with Crippen molar-refractivity contribution in [3.05, 3.63) is 109 Å². The summed E-state index contributed by atoms with van der Waals surface area (Å²) in [6.07, 6.45) is 4.21. The first-order valence-corrected chi connectivity index (χ1v) is 12.8. The summed E-state index contributed by atoms with van der Waals surface area (Å²) in [5.74, 6) is -0.769. The van der Waals surface area contributed by atoms with Crippen LogP contribution in [0, 0.1) is 19.7 Å². The van der Waals surface area contributed by atoms with Crippen LogP contribution in [0.4, 0.5) is 4.39 Å². The molecule has 1 aliphatic rings. The highest BCUT2D eigenvalue weighted by molar-refractivity contribution is 6.31. The maximum absolute atomic E-state index is 15.4. The summed E-state index contributed by atoms with van der Waals surface area (Å²) < 4.78 is 16.9. The number of hydrogen-bond acceptors (Lipinski definition) is 4. The van der Waals surface area contributed by atoms with E-state index in [9.17, 15) is 9.59 Å². The number of amides is 1. The second kappa shape index (κ2) is 9.97. The van der Waals surface area contributed by atoms with E-state index in [-0.39, 0.29) is 33.5 Å². The van der Waals surface area contributed by atoms with Crippen molar-refractivity contribution >= 4 is 29.1 Å². The van der Waals surface area contributed by atoms with Crippen molar-refractivity contribution in [3.8, 4) is 16.9 Å². The van der Waals surface area contributed by atoms with Crippen molar-refractivity contribution in [3.63, 3.8) is 0 Å². The van der Waals surface area contributed by atoms with Crippen LogP contribution < -0.4 is 5.56 Å². The van der Waals surface area contributed by atoms with Gasteiger partial charge >= 0.3 is 0 Å². The Morgan fingerprint density at radius 3 is 2.50 bits per heavy atom. The van der Waals surface area contributed by atoms with Crippen molar-refractivity contribution in [2.75, 3.05) is 14.1 Å². The van der Waals surface area contributed by atoms with Gasteiger partial charge in [-0.25, -0.2) is 9.37 Å². The highest BCUT2D eigenvalue weighted by Crippen LogP contribution is 2.55. The molecule has 1 aliphatic carbocycles. The average Bonchev–Trinajstić information content (AvgIpc) is 3.68. The molecule has 2 atom stereocenters. The number of aromatic nitrogens is 3. The van der Waals surface area contributed by atoms with Gasteiger partial charge in [0, 0.05) is 37.7 Å². The van der Waals surface area contributed by atoms with E-state index < -0.39 is 11.7 Å². The van der Waals surface area contributed by atoms with Crippen LogP contribution in [0.1, 0.15) is 51.0 Å². The van der Waals surface area contributed by atoms with Gasteiger partial charge in [0.2, 0.25) is 0 Å². The molecule has 5 rings (SSSR count). The van der Waals surface area contributed by atoms with Crippen molar-refractivity contribution in [2.24, 2.45) is 0 Å². The van der Waals surface area contributed by atoms with Gasteiger partial charge in [0.25, 0.3) is 11.5 Å². The van der Waals surface area contributed by atoms with E-state index in [0.717, 1.165) is 23.1 Å². The Morgan fingerprint density at radius 2 is 1.82 bits per heavy atom. The predicted molar refractivity (Wildman–Crippen MR) is 147 cm³/mol. The maximum atomic E-state index is 15.4. The van der Waals surface area contributed by atoms with Crippen LogP contribution in [0.25, 0.3) is 16.9 Å². The van der Waals surface area contributed by atoms with Crippen molar-refractivity contribution in [2.45, 2.75) is 32.1 Å². The molecule has 38 heavy (non-hydrogen) atoms. The fourth-order valence-corrected chi connectivity index (χ4v) is 5.25. The lowest BCUT2D eigenvalue weighted by molar-refractivity contribution is 0.0823. The maximum Gasteiger partial charge on any atom is 0.274 e. The number of rotatable bonds is 5. The van der Waals surface area contributed by atoms with Crippen LogP contribution in [-0.2, 0) is 0 Å². The lowest BCUT2D eigenvalue weighted by atomic mass is 10.0. The molecule has 0 N–H and O–H groups in total. The molecule has 9 heteroatoms. The van der Waals surface area contributed by atoms with Crippen LogP contribution >= 0.6 is 23.2 Å². The summed E-state index contributed by atoms with van der Waals surface area (Å²) in [6.45, 7) is 3.67. The van der Waals surface area contributed by atoms with E-state index in [4.69, 9.17) is 23.2 Å². The Labute approximate surface area is 229 Å². The Balaban J connectivity index is 1.55. The molecule has 1 unspecified atom stereocenters. The lowest BCUT2D eigenvalue weighted by Gasteiger charge is -2.17. The molecule has 194 valence electrons. The molecule has 3 heterocycles. The molecule has 0 saturated heterocycles. The number of nitrogens with zero attached hydrogens (tertiary/aromatic N) is 4. The van der Waals surface area contributed by atoms with Gasteiger partial charge in [-0.1, -0.05) is 35.3 Å². The van der Waals surface area contributed by atoms with E-state index in [2.05, 4.69) is 9.97 Å². The van der Waals surface area contributed by atoms with Gasteiger partial charge in [0.05, 0.1) is 16.9 Å². The summed E-state index contributed by atoms with van der Waals surface area (Å²) >= 11 is 12.6. The second-order valence-corrected chi connectivity index (χ2v) is 10.5. The molecule has 1 aromatic carbocycles. The zero-order valence-electron chi connectivity index (χ0n) is 21.3. The smallest absolute Gasteiger partial charge is 0.274 e. The van der Waals surface area contributed by atoms with Crippen molar-refractivity contribution < 1.29 is 9.18 Å². The fraction of sp³-hybridized carbons (Fsp3) is 0.241. The number of aryl methyl sites for hydroxylation is 2. The summed E-state index contributed by atoms with van der Waals surface area (Å²) in [7, 11) is 3.13. The largest absolute Gasteiger partial charge is 0.345 e. The standard InChI is InChI=1S/C29H25Cl2FN4O2/c1-15-13-33-23(18-6-5-7-19(27(18)32)28(37)35(3)4)12-24(15)36-16(2)10-22(26(31)29(36)38)21-11-20(21)17-8-9-25(30)34-14-17/h5-10,12-14,20-21H,11H2,1-4H3/t20?,21-/m1/s1. The molecule has 1 amide bonds. The van der Waals surface area contributed by atoms with Gasteiger partial charge in [0.15, 0.2) is 0 Å². The number of pyridine rings is 3. The molecule has 1 saturated carbocycles. The molecule has 6 nitrogen and oxygen atoms in total. The minimum absolute atomic E-state index is 0.0490. The Hall–Kier alpha value is -3.55. The third kappa shape index (κ3) is 4.61. The minimum Gasteiger partial charge on any atom is -0.345 e. The molecule has 0 radical (unpaired) electrons. The molecule has 0 spiro atoms. The van der Waals surface area contributed by atoms with Gasteiger partial charge in [-0.3, -0.25) is 19.1 Å². The Kier molecular flexibility index (Phi) is 6.84. The third-order valence-electron chi connectivity index (χ3n) is 6.96. The summed E-state index contributed by atoms with van der Waals surface area (Å²) in [5, 5.41) is 0.595. The number of halogens is 3. The Morgan fingerprint density at radius 1 is 1.05 bits per heavy atom. The molecule has 0 bridgehead atoms. The lowest BCUT2D eigenvalue weighted by Crippen LogP contribution is -2.23. The SMILES string of the molecule is Cc1cnc(-c2cccc(C(=O)N(C)C)c2F)cc1-n1c(C)cc([C@@H]2CC2c2ccc(Cl)nc2)c(Cl)c1=O. The molecule has 4 aromatic rings. The second-order valence-electron chi connectivity index (χ2n) is 9.78. The van der Waals surface area contributed by atoms with Crippen LogP contribution in [0.3, 0.4) is 0 Å². The van der Waals surface area contributed by atoms with E-state index >= 15 is 4.39 Å². The van der Waals surface area contributed by atoms with Crippen LogP contribution in [0.2, 0.25) is 10.2 Å². The van der Waals surface area contributed by atoms with Gasteiger partial charge < -0.3 is 4.90 Å². The summed E-state index contributed by atoms with van der Waals surface area (Å²) in [6, 6.07) is 11.9. The van der Waals surface area contributed by atoms with E-state index in [0.29, 0.717) is 22.2 Å². The first-order chi connectivity index (χ1) is 18.1. The highest BCUT2D eigenvalue weighted by atomic mass is 35.5. The zero-order chi connectivity index (χ0) is 27.3. The fourth-order valence-electron chi connectivity index (χ4n) is 4.85.